The van der Waals surface area contributed by atoms with Gasteiger partial charge in [0.15, 0.2) is 11.0 Å². The summed E-state index contributed by atoms with van der Waals surface area (Å²) in [5.41, 5.74) is 5.99. The van der Waals surface area contributed by atoms with Crippen molar-refractivity contribution in [2.24, 2.45) is 5.16 Å². The fourth-order valence-corrected chi connectivity index (χ4v) is 1.04. The second-order valence-corrected chi connectivity index (χ2v) is 2.60. The van der Waals surface area contributed by atoms with Gasteiger partial charge in [-0.3, -0.25) is 0 Å². The molecular weight excluding hydrogens is 164 g/mol. The van der Waals surface area contributed by atoms with Gasteiger partial charge in [-0.05, 0) is 6.92 Å². The molecule has 0 atom stereocenters. The molecule has 0 bridgehead atoms. The maximum absolute atomic E-state index is 5.36. The highest BCUT2D eigenvalue weighted by molar-refractivity contribution is 7.09. The Morgan fingerprint density at radius 1 is 1.73 bits per heavy atom. The van der Waals surface area contributed by atoms with Crippen molar-refractivity contribution in [3.8, 4) is 0 Å². The molecule has 0 amide bonds. The van der Waals surface area contributed by atoms with E-state index in [1.54, 1.807) is 6.92 Å². The zero-order valence-electron chi connectivity index (χ0n) is 6.24. The van der Waals surface area contributed by atoms with Gasteiger partial charge in [0.25, 0.3) is 0 Å². The summed E-state index contributed by atoms with van der Waals surface area (Å²) < 4.78 is 3.93. The Hall–Kier alpha value is -1.17. The van der Waals surface area contributed by atoms with Crippen LogP contribution in [0.5, 0.6) is 0 Å². The lowest BCUT2D eigenvalue weighted by Gasteiger charge is -1.89. The van der Waals surface area contributed by atoms with E-state index in [1.165, 1.54) is 7.11 Å². The standard InChI is InChI=1S/C5H8N4OS/c1-3(8-10-2)4-7-5(6)11-9-4/h1-2H3,(H2,6,7,9). The fourth-order valence-electron chi connectivity index (χ4n) is 0.560. The van der Waals surface area contributed by atoms with E-state index in [2.05, 4.69) is 19.4 Å². The normalized spacial score (nSPS) is 11.6. The van der Waals surface area contributed by atoms with E-state index in [9.17, 15) is 0 Å². The highest BCUT2D eigenvalue weighted by Crippen LogP contribution is 2.06. The topological polar surface area (TPSA) is 73.4 Å². The minimum absolute atomic E-state index is 0.436. The number of rotatable bonds is 2. The summed E-state index contributed by atoms with van der Waals surface area (Å²) in [6.07, 6.45) is 0. The lowest BCUT2D eigenvalue weighted by Crippen LogP contribution is -1.98. The fraction of sp³-hybridized carbons (Fsp3) is 0.400. The van der Waals surface area contributed by atoms with Gasteiger partial charge in [0.1, 0.15) is 12.8 Å². The first-order valence-corrected chi connectivity index (χ1v) is 3.68. The molecule has 6 heteroatoms. The van der Waals surface area contributed by atoms with Crippen LogP contribution in [0.4, 0.5) is 5.13 Å². The molecule has 0 fully saturated rings. The quantitative estimate of drug-likeness (QED) is 0.520. The monoisotopic (exact) mass is 172 g/mol. The number of anilines is 1. The largest absolute Gasteiger partial charge is 0.399 e. The first-order valence-electron chi connectivity index (χ1n) is 2.91. The average Bonchev–Trinajstić information content (AvgIpc) is 2.36. The van der Waals surface area contributed by atoms with E-state index in [0.29, 0.717) is 16.7 Å². The van der Waals surface area contributed by atoms with Crippen LogP contribution in [0.1, 0.15) is 12.7 Å². The SMILES string of the molecule is CON=C(C)c1nsc(N)n1. The van der Waals surface area contributed by atoms with Crippen molar-refractivity contribution in [1.82, 2.24) is 9.36 Å². The third kappa shape index (κ3) is 1.87. The molecule has 1 aromatic heterocycles. The van der Waals surface area contributed by atoms with Gasteiger partial charge in [0.05, 0.1) is 0 Å². The summed E-state index contributed by atoms with van der Waals surface area (Å²) in [6.45, 7) is 1.75. The van der Waals surface area contributed by atoms with Gasteiger partial charge in [-0.2, -0.15) is 9.36 Å². The van der Waals surface area contributed by atoms with E-state index < -0.39 is 0 Å². The van der Waals surface area contributed by atoms with Crippen LogP contribution >= 0.6 is 11.5 Å². The van der Waals surface area contributed by atoms with Crippen molar-refractivity contribution in [1.29, 1.82) is 0 Å². The molecule has 0 aliphatic heterocycles. The molecule has 5 nitrogen and oxygen atoms in total. The second-order valence-electron chi connectivity index (χ2n) is 1.82. The summed E-state index contributed by atoms with van der Waals surface area (Å²) in [6, 6.07) is 0. The molecule has 1 aromatic rings. The van der Waals surface area contributed by atoms with Gasteiger partial charge in [0.2, 0.25) is 0 Å². The van der Waals surface area contributed by atoms with Crippen LogP contribution in [0.25, 0.3) is 0 Å². The molecule has 2 N–H and O–H groups in total. The van der Waals surface area contributed by atoms with Crippen LogP contribution in [0.15, 0.2) is 5.16 Å². The number of hydrogen-bond donors (Lipinski definition) is 1. The van der Waals surface area contributed by atoms with Crippen LogP contribution in [0, 0.1) is 0 Å². The third-order valence-corrected chi connectivity index (χ3v) is 1.54. The first-order chi connectivity index (χ1) is 5.24. The predicted octanol–water partition coefficient (Wildman–Crippen LogP) is 0.491. The molecule has 1 heterocycles. The van der Waals surface area contributed by atoms with Crippen molar-refractivity contribution in [3.05, 3.63) is 5.82 Å². The molecule has 60 valence electrons. The minimum atomic E-state index is 0.436. The Morgan fingerprint density at radius 3 is 2.91 bits per heavy atom. The van der Waals surface area contributed by atoms with E-state index in [1.807, 2.05) is 0 Å². The van der Waals surface area contributed by atoms with Gasteiger partial charge in [-0.15, -0.1) is 0 Å². The van der Waals surface area contributed by atoms with E-state index >= 15 is 0 Å². The Bertz CT molecular complexity index is 269. The van der Waals surface area contributed by atoms with Crippen LogP contribution in [0.2, 0.25) is 0 Å². The van der Waals surface area contributed by atoms with Crippen LogP contribution in [-0.4, -0.2) is 22.2 Å². The van der Waals surface area contributed by atoms with E-state index in [0.717, 1.165) is 11.5 Å². The van der Waals surface area contributed by atoms with Crippen molar-refractivity contribution in [2.45, 2.75) is 6.92 Å². The first kappa shape index (κ1) is 7.93. The number of aromatic nitrogens is 2. The molecule has 0 radical (unpaired) electrons. The molecule has 0 aromatic carbocycles. The summed E-state index contributed by atoms with van der Waals surface area (Å²) in [5.74, 6) is 0.523. The molecule has 0 aliphatic rings. The van der Waals surface area contributed by atoms with Crippen LogP contribution in [0.3, 0.4) is 0 Å². The summed E-state index contributed by atoms with van der Waals surface area (Å²) in [4.78, 5) is 8.44. The third-order valence-electron chi connectivity index (χ3n) is 0.994. The number of nitrogens with zero attached hydrogens (tertiary/aromatic N) is 3. The van der Waals surface area contributed by atoms with E-state index in [-0.39, 0.29) is 0 Å². The van der Waals surface area contributed by atoms with Gasteiger partial charge in [-0.1, -0.05) is 5.16 Å². The minimum Gasteiger partial charge on any atom is -0.399 e. The molecule has 0 unspecified atom stereocenters. The molecule has 1 rings (SSSR count). The van der Waals surface area contributed by atoms with Gasteiger partial charge >= 0.3 is 0 Å². The van der Waals surface area contributed by atoms with E-state index in [4.69, 9.17) is 5.73 Å². The summed E-state index contributed by atoms with van der Waals surface area (Å²) >= 11 is 1.14. The molecule has 0 saturated heterocycles. The number of oxime groups is 1. The Morgan fingerprint density at radius 2 is 2.45 bits per heavy atom. The van der Waals surface area contributed by atoms with Crippen molar-refractivity contribution < 1.29 is 4.84 Å². The van der Waals surface area contributed by atoms with Crippen molar-refractivity contribution in [2.75, 3.05) is 12.8 Å². The van der Waals surface area contributed by atoms with Crippen molar-refractivity contribution >= 4 is 22.4 Å². The van der Waals surface area contributed by atoms with Crippen molar-refractivity contribution in [3.63, 3.8) is 0 Å². The maximum atomic E-state index is 5.36. The predicted molar refractivity (Wildman–Crippen MR) is 43.5 cm³/mol. The average molecular weight is 172 g/mol. The van der Waals surface area contributed by atoms with Crippen LogP contribution in [-0.2, 0) is 4.84 Å². The molecule has 11 heavy (non-hydrogen) atoms. The number of nitrogens with two attached hydrogens (primary N) is 1. The summed E-state index contributed by atoms with van der Waals surface area (Å²) in [5, 5.41) is 4.09. The number of hydrogen-bond acceptors (Lipinski definition) is 6. The van der Waals surface area contributed by atoms with Gasteiger partial charge in [-0.25, -0.2) is 0 Å². The van der Waals surface area contributed by atoms with Crippen LogP contribution < -0.4 is 5.73 Å². The highest BCUT2D eigenvalue weighted by atomic mass is 32.1. The highest BCUT2D eigenvalue weighted by Gasteiger charge is 2.03. The Kier molecular flexibility index (Phi) is 2.37. The molecule has 0 spiro atoms. The zero-order chi connectivity index (χ0) is 8.27. The Balaban J connectivity index is 2.84. The smallest absolute Gasteiger partial charge is 0.200 e. The lowest BCUT2D eigenvalue weighted by molar-refractivity contribution is 0.213. The zero-order valence-corrected chi connectivity index (χ0v) is 7.05. The summed E-state index contributed by atoms with van der Waals surface area (Å²) in [7, 11) is 1.47. The Labute approximate surface area is 68.0 Å². The molecular formula is C5H8N4OS. The lowest BCUT2D eigenvalue weighted by atomic mass is 10.4. The maximum Gasteiger partial charge on any atom is 0.200 e. The van der Waals surface area contributed by atoms with Gasteiger partial charge < -0.3 is 10.6 Å². The molecule has 0 aliphatic carbocycles. The molecule has 0 saturated carbocycles. The second kappa shape index (κ2) is 3.29. The number of nitrogen functional groups attached to an aromatic ring is 1. The van der Waals surface area contributed by atoms with Gasteiger partial charge in [0, 0.05) is 11.5 Å².